The third-order valence-electron chi connectivity index (χ3n) is 2.55. The molecule has 1 aromatic carbocycles. The summed E-state index contributed by atoms with van der Waals surface area (Å²) in [6, 6.07) is 4.96. The number of aromatic nitrogens is 1. The normalized spacial score (nSPS) is 11.2. The number of carboxylic acids is 1. The maximum Gasteiger partial charge on any atom is 0.419 e. The lowest BCUT2D eigenvalue weighted by Crippen LogP contribution is -2.08. The van der Waals surface area contributed by atoms with Crippen LogP contribution >= 0.6 is 0 Å². The number of aromatic carboxylic acids is 1. The minimum atomic E-state index is -4.80. The fourth-order valence-corrected chi connectivity index (χ4v) is 1.56. The van der Waals surface area contributed by atoms with E-state index in [4.69, 9.17) is 5.11 Å². The molecule has 21 heavy (non-hydrogen) atoms. The summed E-state index contributed by atoms with van der Waals surface area (Å²) >= 11 is 0. The number of pyridine rings is 1. The highest BCUT2D eigenvalue weighted by Crippen LogP contribution is 2.33. The van der Waals surface area contributed by atoms with Gasteiger partial charge in [0.1, 0.15) is 11.6 Å². The third-order valence-corrected chi connectivity index (χ3v) is 2.55. The number of nitrogens with zero attached hydrogens (tertiary/aromatic N) is 1. The summed E-state index contributed by atoms with van der Waals surface area (Å²) in [6.45, 7) is 0. The van der Waals surface area contributed by atoms with Crippen molar-refractivity contribution in [3.63, 3.8) is 0 Å². The van der Waals surface area contributed by atoms with Gasteiger partial charge in [0.25, 0.3) is 0 Å². The Morgan fingerprint density at radius 1 is 1.19 bits per heavy atom. The third kappa shape index (κ3) is 3.47. The first-order valence-electron chi connectivity index (χ1n) is 5.60. The van der Waals surface area contributed by atoms with Crippen molar-refractivity contribution in [1.82, 2.24) is 4.98 Å². The molecule has 0 radical (unpaired) electrons. The first kappa shape index (κ1) is 14.8. The molecule has 1 aromatic heterocycles. The van der Waals surface area contributed by atoms with Gasteiger partial charge in [-0.25, -0.2) is 14.2 Å². The Morgan fingerprint density at radius 3 is 2.43 bits per heavy atom. The number of anilines is 2. The van der Waals surface area contributed by atoms with E-state index in [0.717, 1.165) is 12.3 Å². The largest absolute Gasteiger partial charge is 0.478 e. The number of nitrogens with one attached hydrogen (secondary N) is 1. The molecular weight excluding hydrogens is 292 g/mol. The van der Waals surface area contributed by atoms with Crippen LogP contribution in [-0.2, 0) is 6.18 Å². The van der Waals surface area contributed by atoms with Crippen molar-refractivity contribution in [2.75, 3.05) is 5.32 Å². The molecule has 0 spiro atoms. The fourth-order valence-electron chi connectivity index (χ4n) is 1.56. The van der Waals surface area contributed by atoms with Crippen molar-refractivity contribution in [2.45, 2.75) is 6.18 Å². The maximum absolute atomic E-state index is 13.1. The molecule has 0 saturated heterocycles. The van der Waals surface area contributed by atoms with Crippen LogP contribution in [0.15, 0.2) is 36.5 Å². The Labute approximate surface area is 116 Å². The summed E-state index contributed by atoms with van der Waals surface area (Å²) in [5, 5.41) is 11.2. The maximum atomic E-state index is 13.1. The molecule has 2 N–H and O–H groups in total. The van der Waals surface area contributed by atoms with Gasteiger partial charge in [-0.1, -0.05) is 0 Å². The van der Waals surface area contributed by atoms with Crippen LogP contribution in [-0.4, -0.2) is 16.1 Å². The first-order chi connectivity index (χ1) is 9.77. The molecule has 0 aliphatic carbocycles. The van der Waals surface area contributed by atoms with Crippen LogP contribution in [0.25, 0.3) is 0 Å². The van der Waals surface area contributed by atoms with Crippen LogP contribution in [0, 0.1) is 5.82 Å². The van der Waals surface area contributed by atoms with Crippen LogP contribution < -0.4 is 5.32 Å². The summed E-state index contributed by atoms with van der Waals surface area (Å²) in [7, 11) is 0. The first-order valence-corrected chi connectivity index (χ1v) is 5.60. The number of alkyl halides is 3. The molecule has 0 atom stereocenters. The van der Waals surface area contributed by atoms with E-state index in [1.807, 2.05) is 0 Å². The van der Waals surface area contributed by atoms with Crippen molar-refractivity contribution in [2.24, 2.45) is 0 Å². The standard InChI is InChI=1S/C13H8F4N2O2/c14-10-3-2-8(5-9(10)13(15,16)17)19-11-4-1-7(6-18-11)12(20)21/h1-6H,(H,18,19)(H,20,21). The molecule has 0 aliphatic heterocycles. The lowest BCUT2D eigenvalue weighted by Gasteiger charge is -2.11. The fraction of sp³-hybridized carbons (Fsp3) is 0.0769. The number of carbonyl (C=O) groups is 1. The predicted molar refractivity (Wildman–Crippen MR) is 65.9 cm³/mol. The van der Waals surface area contributed by atoms with Crippen molar-refractivity contribution < 1.29 is 27.5 Å². The molecule has 8 heteroatoms. The van der Waals surface area contributed by atoms with E-state index in [-0.39, 0.29) is 17.1 Å². The van der Waals surface area contributed by atoms with Gasteiger partial charge in [0.05, 0.1) is 11.1 Å². The highest BCUT2D eigenvalue weighted by molar-refractivity contribution is 5.87. The van der Waals surface area contributed by atoms with Crippen LogP contribution in [0.2, 0.25) is 0 Å². The minimum absolute atomic E-state index is 0.0145. The second-order valence-electron chi connectivity index (χ2n) is 4.05. The van der Waals surface area contributed by atoms with Gasteiger partial charge in [-0.05, 0) is 30.3 Å². The summed E-state index contributed by atoms with van der Waals surface area (Å²) in [5.41, 5.74) is -1.47. The summed E-state index contributed by atoms with van der Waals surface area (Å²) < 4.78 is 50.8. The van der Waals surface area contributed by atoms with E-state index in [9.17, 15) is 22.4 Å². The number of rotatable bonds is 3. The average molecular weight is 300 g/mol. The zero-order valence-corrected chi connectivity index (χ0v) is 10.3. The molecule has 0 aliphatic rings. The SMILES string of the molecule is O=C(O)c1ccc(Nc2ccc(F)c(C(F)(F)F)c2)nc1. The van der Waals surface area contributed by atoms with Gasteiger partial charge in [0.15, 0.2) is 0 Å². The van der Waals surface area contributed by atoms with Crippen LogP contribution in [0.4, 0.5) is 29.1 Å². The van der Waals surface area contributed by atoms with Crippen LogP contribution in [0.5, 0.6) is 0 Å². The highest BCUT2D eigenvalue weighted by atomic mass is 19.4. The van der Waals surface area contributed by atoms with Crippen molar-refractivity contribution in [3.05, 3.63) is 53.5 Å². The Bertz CT molecular complexity index is 669. The van der Waals surface area contributed by atoms with Crippen LogP contribution in [0.3, 0.4) is 0 Å². The molecular formula is C13H8F4N2O2. The van der Waals surface area contributed by atoms with E-state index in [1.165, 1.54) is 12.1 Å². The molecule has 4 nitrogen and oxygen atoms in total. The monoisotopic (exact) mass is 300 g/mol. The summed E-state index contributed by atoms with van der Waals surface area (Å²) in [6.07, 6.45) is -3.75. The predicted octanol–water partition coefficient (Wildman–Crippen LogP) is 3.68. The van der Waals surface area contributed by atoms with Gasteiger partial charge in [-0.15, -0.1) is 0 Å². The van der Waals surface area contributed by atoms with Gasteiger partial charge < -0.3 is 10.4 Å². The van der Waals surface area contributed by atoms with Gasteiger partial charge in [-0.3, -0.25) is 0 Å². The summed E-state index contributed by atoms with van der Waals surface area (Å²) in [4.78, 5) is 14.4. The number of hydrogen-bond donors (Lipinski definition) is 2. The van der Waals surface area contributed by atoms with E-state index in [2.05, 4.69) is 10.3 Å². The zero-order valence-electron chi connectivity index (χ0n) is 10.3. The molecule has 2 rings (SSSR count). The molecule has 1 heterocycles. The Hall–Kier alpha value is -2.64. The van der Waals surface area contributed by atoms with Gasteiger partial charge in [0.2, 0.25) is 0 Å². The van der Waals surface area contributed by atoms with Crippen molar-refractivity contribution >= 4 is 17.5 Å². The number of carboxylic acid groups (broad SMARTS) is 1. The quantitative estimate of drug-likeness (QED) is 0.849. The molecule has 0 fully saturated rings. The lowest BCUT2D eigenvalue weighted by atomic mass is 10.2. The molecule has 2 aromatic rings. The smallest absolute Gasteiger partial charge is 0.419 e. The van der Waals surface area contributed by atoms with Gasteiger partial charge >= 0.3 is 12.1 Å². The second kappa shape index (κ2) is 5.39. The number of hydrogen-bond acceptors (Lipinski definition) is 3. The van der Waals surface area contributed by atoms with E-state index in [1.54, 1.807) is 0 Å². The number of halogens is 4. The molecule has 0 saturated carbocycles. The van der Waals surface area contributed by atoms with Crippen molar-refractivity contribution in [3.8, 4) is 0 Å². The van der Waals surface area contributed by atoms with Gasteiger partial charge in [0, 0.05) is 11.9 Å². The van der Waals surface area contributed by atoms with Gasteiger partial charge in [-0.2, -0.15) is 13.2 Å². The minimum Gasteiger partial charge on any atom is -0.478 e. The molecule has 0 unspecified atom stereocenters. The molecule has 0 amide bonds. The zero-order chi connectivity index (χ0) is 15.6. The van der Waals surface area contributed by atoms with E-state index < -0.39 is 23.5 Å². The Kier molecular flexibility index (Phi) is 3.79. The van der Waals surface area contributed by atoms with E-state index >= 15 is 0 Å². The van der Waals surface area contributed by atoms with E-state index in [0.29, 0.717) is 12.1 Å². The second-order valence-corrected chi connectivity index (χ2v) is 4.05. The average Bonchev–Trinajstić information content (AvgIpc) is 2.40. The van der Waals surface area contributed by atoms with Crippen LogP contribution in [0.1, 0.15) is 15.9 Å². The molecule has 0 bridgehead atoms. The number of benzene rings is 1. The lowest BCUT2D eigenvalue weighted by molar-refractivity contribution is -0.139. The topological polar surface area (TPSA) is 62.2 Å². The summed E-state index contributed by atoms with van der Waals surface area (Å²) in [5.74, 6) is -2.41. The Morgan fingerprint density at radius 2 is 1.90 bits per heavy atom. The molecule has 110 valence electrons. The highest BCUT2D eigenvalue weighted by Gasteiger charge is 2.34. The Balaban J connectivity index is 2.26. The van der Waals surface area contributed by atoms with Crippen molar-refractivity contribution in [1.29, 1.82) is 0 Å².